The zero-order valence-corrected chi connectivity index (χ0v) is 14.6. The third-order valence-electron chi connectivity index (χ3n) is 4.55. The van der Waals surface area contributed by atoms with Crippen LogP contribution in [-0.4, -0.2) is 41.6 Å². The summed E-state index contributed by atoms with van der Waals surface area (Å²) in [5.74, 6) is -1.85. The van der Waals surface area contributed by atoms with Crippen LogP contribution in [0.4, 0.5) is 5.69 Å². The van der Waals surface area contributed by atoms with Gasteiger partial charge in [0.2, 0.25) is 0 Å². The summed E-state index contributed by atoms with van der Waals surface area (Å²) >= 11 is 0. The van der Waals surface area contributed by atoms with Gasteiger partial charge in [0.05, 0.1) is 0 Å². The summed E-state index contributed by atoms with van der Waals surface area (Å²) < 4.78 is 5.19. The highest BCUT2D eigenvalue weighted by Gasteiger charge is 2.41. The zero-order valence-electron chi connectivity index (χ0n) is 14.6. The van der Waals surface area contributed by atoms with Gasteiger partial charge in [0.15, 0.2) is 0 Å². The van der Waals surface area contributed by atoms with E-state index in [9.17, 15) is 19.5 Å². The predicted octanol–water partition coefficient (Wildman–Crippen LogP) is 2.30. The number of rotatable bonds is 5. The van der Waals surface area contributed by atoms with Crippen molar-refractivity contribution >= 4 is 23.5 Å². The lowest BCUT2D eigenvalue weighted by molar-refractivity contribution is -0.148. The van der Waals surface area contributed by atoms with Crippen LogP contribution >= 0.6 is 0 Å². The number of hydrogen-bond donors (Lipinski definition) is 3. The Hall–Kier alpha value is -3.19. The lowest BCUT2D eigenvalue weighted by Gasteiger charge is -2.33. The van der Waals surface area contributed by atoms with Crippen molar-refractivity contribution in [3.8, 4) is 0 Å². The van der Waals surface area contributed by atoms with E-state index in [1.165, 1.54) is 24.3 Å². The van der Waals surface area contributed by atoms with Crippen molar-refractivity contribution in [2.45, 2.75) is 18.4 Å². The van der Waals surface area contributed by atoms with Crippen molar-refractivity contribution in [1.29, 1.82) is 0 Å². The normalized spacial score (nSPS) is 15.6. The van der Waals surface area contributed by atoms with E-state index in [-0.39, 0.29) is 32.0 Å². The second-order valence-corrected chi connectivity index (χ2v) is 6.35. The van der Waals surface area contributed by atoms with Gasteiger partial charge >= 0.3 is 5.97 Å². The number of hydrogen-bond acceptors (Lipinski definition) is 4. The van der Waals surface area contributed by atoms with Gasteiger partial charge in [0, 0.05) is 42.9 Å². The van der Waals surface area contributed by atoms with Gasteiger partial charge in [-0.25, -0.2) is 4.79 Å². The number of para-hydroxylation sites is 1. The smallest absolute Gasteiger partial charge is 0.329 e. The molecule has 3 rings (SSSR count). The van der Waals surface area contributed by atoms with E-state index in [0.717, 1.165) is 0 Å². The fourth-order valence-corrected chi connectivity index (χ4v) is 2.90. The molecule has 7 nitrogen and oxygen atoms in total. The molecule has 0 radical (unpaired) electrons. The number of carboxylic acid groups (broad SMARTS) is 1. The van der Waals surface area contributed by atoms with Gasteiger partial charge in [-0.05, 0) is 36.4 Å². The molecule has 0 spiro atoms. The maximum absolute atomic E-state index is 12.5. The highest BCUT2D eigenvalue weighted by Crippen LogP contribution is 2.22. The largest absolute Gasteiger partial charge is 0.480 e. The fraction of sp³-hybridized carbons (Fsp3) is 0.250. The Balaban J connectivity index is 1.68. The highest BCUT2D eigenvalue weighted by molar-refractivity contribution is 6.05. The molecule has 1 heterocycles. The number of benzene rings is 2. The predicted molar refractivity (Wildman–Crippen MR) is 98.7 cm³/mol. The molecule has 7 heteroatoms. The molecule has 2 aromatic rings. The number of carboxylic acids is 1. The van der Waals surface area contributed by atoms with Crippen molar-refractivity contribution in [3.05, 3.63) is 65.7 Å². The average molecular weight is 368 g/mol. The Morgan fingerprint density at radius 3 is 1.96 bits per heavy atom. The Labute approximate surface area is 156 Å². The van der Waals surface area contributed by atoms with Gasteiger partial charge in [0.25, 0.3) is 11.8 Å². The second kappa shape index (κ2) is 8.01. The number of amides is 2. The molecule has 1 aliphatic heterocycles. The van der Waals surface area contributed by atoms with Crippen molar-refractivity contribution in [2.75, 3.05) is 18.5 Å². The minimum atomic E-state index is -1.32. The lowest BCUT2D eigenvalue weighted by Crippen LogP contribution is -2.57. The minimum absolute atomic E-state index is 0.214. The average Bonchev–Trinajstić information content (AvgIpc) is 2.69. The number of carbonyl (C=O) groups is 3. The number of aliphatic carboxylic acids is 1. The summed E-state index contributed by atoms with van der Waals surface area (Å²) in [7, 11) is 0. The van der Waals surface area contributed by atoms with Crippen LogP contribution in [0.1, 0.15) is 33.6 Å². The molecule has 1 fully saturated rings. The van der Waals surface area contributed by atoms with Gasteiger partial charge in [-0.3, -0.25) is 9.59 Å². The first-order valence-corrected chi connectivity index (χ1v) is 8.60. The first kappa shape index (κ1) is 18.6. The molecule has 1 aliphatic rings. The van der Waals surface area contributed by atoms with Gasteiger partial charge in [-0.2, -0.15) is 0 Å². The Kier molecular flexibility index (Phi) is 5.52. The van der Waals surface area contributed by atoms with Gasteiger partial charge in [0.1, 0.15) is 5.54 Å². The number of carbonyl (C=O) groups excluding carboxylic acids is 2. The minimum Gasteiger partial charge on any atom is -0.480 e. The molecule has 0 saturated carbocycles. The molecule has 2 amide bonds. The first-order valence-electron chi connectivity index (χ1n) is 8.60. The Bertz CT molecular complexity index is 827. The molecule has 0 aromatic heterocycles. The number of nitrogens with one attached hydrogen (secondary N) is 2. The second-order valence-electron chi connectivity index (χ2n) is 6.35. The summed E-state index contributed by atoms with van der Waals surface area (Å²) in [5, 5.41) is 14.9. The molecule has 0 unspecified atom stereocenters. The van der Waals surface area contributed by atoms with Crippen molar-refractivity contribution in [1.82, 2.24) is 5.32 Å². The molecular formula is C20H20N2O5. The summed E-state index contributed by atoms with van der Waals surface area (Å²) in [4.78, 5) is 36.4. The van der Waals surface area contributed by atoms with E-state index in [1.807, 2.05) is 18.2 Å². The summed E-state index contributed by atoms with van der Waals surface area (Å²) in [6.07, 6.45) is 0.428. The fourth-order valence-electron chi connectivity index (χ4n) is 2.90. The third-order valence-corrected chi connectivity index (χ3v) is 4.55. The van der Waals surface area contributed by atoms with Crippen LogP contribution in [-0.2, 0) is 9.53 Å². The van der Waals surface area contributed by atoms with Gasteiger partial charge in [-0.15, -0.1) is 0 Å². The monoisotopic (exact) mass is 368 g/mol. The quantitative estimate of drug-likeness (QED) is 0.751. The van der Waals surface area contributed by atoms with Crippen LogP contribution in [0, 0.1) is 0 Å². The molecular weight excluding hydrogens is 348 g/mol. The molecule has 2 aromatic carbocycles. The molecule has 0 bridgehead atoms. The van der Waals surface area contributed by atoms with E-state index in [1.54, 1.807) is 12.1 Å². The van der Waals surface area contributed by atoms with Gasteiger partial charge < -0.3 is 20.5 Å². The van der Waals surface area contributed by atoms with E-state index < -0.39 is 17.4 Å². The Morgan fingerprint density at radius 2 is 1.41 bits per heavy atom. The van der Waals surface area contributed by atoms with Gasteiger partial charge in [-0.1, -0.05) is 18.2 Å². The standard InChI is InChI=1S/C20H20N2O5/c23-17(21-16-4-2-1-3-5-16)14-6-8-15(9-7-14)18(24)22-20(19(25)26)10-12-27-13-11-20/h1-9H,10-13H2,(H,21,23)(H,22,24)(H,25,26). The highest BCUT2D eigenvalue weighted by atomic mass is 16.5. The van der Waals surface area contributed by atoms with Crippen LogP contribution in [0.5, 0.6) is 0 Å². The maximum atomic E-state index is 12.5. The van der Waals surface area contributed by atoms with E-state index in [2.05, 4.69) is 10.6 Å². The van der Waals surface area contributed by atoms with Crippen LogP contribution < -0.4 is 10.6 Å². The molecule has 0 atom stereocenters. The van der Waals surface area contributed by atoms with E-state index in [4.69, 9.17) is 4.74 Å². The van der Waals surface area contributed by atoms with E-state index in [0.29, 0.717) is 16.8 Å². The van der Waals surface area contributed by atoms with Crippen molar-refractivity contribution in [2.24, 2.45) is 0 Å². The molecule has 140 valence electrons. The van der Waals surface area contributed by atoms with Crippen LogP contribution in [0.25, 0.3) is 0 Å². The maximum Gasteiger partial charge on any atom is 0.329 e. The molecule has 1 saturated heterocycles. The van der Waals surface area contributed by atoms with Crippen molar-refractivity contribution < 1.29 is 24.2 Å². The zero-order chi connectivity index (χ0) is 19.3. The summed E-state index contributed by atoms with van der Waals surface area (Å²) in [5.41, 5.74) is 0.0404. The SMILES string of the molecule is O=C(Nc1ccccc1)c1ccc(C(=O)NC2(C(=O)O)CCOCC2)cc1. The summed E-state index contributed by atoms with van der Waals surface area (Å²) in [6, 6.07) is 15.1. The van der Waals surface area contributed by atoms with Crippen LogP contribution in [0.2, 0.25) is 0 Å². The third kappa shape index (κ3) is 4.32. The summed E-state index contributed by atoms with van der Waals surface area (Å²) in [6.45, 7) is 0.566. The number of anilines is 1. The molecule has 27 heavy (non-hydrogen) atoms. The van der Waals surface area contributed by atoms with E-state index >= 15 is 0 Å². The van der Waals surface area contributed by atoms with Crippen molar-refractivity contribution in [3.63, 3.8) is 0 Å². The topological polar surface area (TPSA) is 105 Å². The lowest BCUT2D eigenvalue weighted by atomic mass is 9.89. The first-order chi connectivity index (χ1) is 13.0. The molecule has 3 N–H and O–H groups in total. The van der Waals surface area contributed by atoms with Crippen LogP contribution in [0.3, 0.4) is 0 Å². The Morgan fingerprint density at radius 1 is 0.852 bits per heavy atom. The molecule has 0 aliphatic carbocycles. The van der Waals surface area contributed by atoms with Crippen LogP contribution in [0.15, 0.2) is 54.6 Å². The number of ether oxygens (including phenoxy) is 1.